The van der Waals surface area contributed by atoms with Gasteiger partial charge in [0.2, 0.25) is 10.0 Å². The molecule has 0 aliphatic heterocycles. The molecule has 1 amide bonds. The Bertz CT molecular complexity index is 1110. The number of benzene rings is 3. The van der Waals surface area contributed by atoms with E-state index < -0.39 is 10.0 Å². The maximum absolute atomic E-state index is 12.6. The molecule has 3 aromatic carbocycles. The van der Waals surface area contributed by atoms with E-state index >= 15 is 0 Å². The van der Waals surface area contributed by atoms with E-state index in [9.17, 15) is 13.2 Å². The maximum Gasteiger partial charge on any atom is 0.255 e. The van der Waals surface area contributed by atoms with E-state index in [1.165, 1.54) is 24.3 Å². The topological polar surface area (TPSA) is 108 Å². The normalized spacial score (nSPS) is 11.1. The van der Waals surface area contributed by atoms with Crippen LogP contribution in [0.15, 0.2) is 77.7 Å². The zero-order valence-electron chi connectivity index (χ0n) is 16.4. The minimum Gasteiger partial charge on any atom is -0.496 e. The van der Waals surface area contributed by atoms with Crippen molar-refractivity contribution in [1.29, 1.82) is 0 Å². The number of amides is 1. The van der Waals surface area contributed by atoms with Crippen LogP contribution >= 0.6 is 0 Å². The van der Waals surface area contributed by atoms with Gasteiger partial charge >= 0.3 is 0 Å². The van der Waals surface area contributed by atoms with Gasteiger partial charge < -0.3 is 14.8 Å². The number of anilines is 1. The van der Waals surface area contributed by atoms with Crippen LogP contribution in [0.3, 0.4) is 0 Å². The average molecular weight is 426 g/mol. The second-order valence-electron chi connectivity index (χ2n) is 6.53. The Balaban J connectivity index is 1.69. The number of nitrogens with two attached hydrogens (primary N) is 1. The summed E-state index contributed by atoms with van der Waals surface area (Å²) in [7, 11) is -2.22. The smallest absolute Gasteiger partial charge is 0.255 e. The lowest BCUT2D eigenvalue weighted by Crippen LogP contribution is -2.14. The zero-order valence-corrected chi connectivity index (χ0v) is 17.2. The Labute approximate surface area is 175 Å². The van der Waals surface area contributed by atoms with Gasteiger partial charge in [-0.15, -0.1) is 0 Å². The lowest BCUT2D eigenvalue weighted by atomic mass is 10.1. The molecule has 0 bridgehead atoms. The van der Waals surface area contributed by atoms with Gasteiger partial charge in [-0.3, -0.25) is 4.79 Å². The third-order valence-electron chi connectivity index (χ3n) is 4.35. The summed E-state index contributed by atoms with van der Waals surface area (Å²) in [6.45, 7) is 0.721. The molecule has 8 heteroatoms. The van der Waals surface area contributed by atoms with Gasteiger partial charge in [0.05, 0.1) is 25.2 Å². The molecular weight excluding hydrogens is 404 g/mol. The van der Waals surface area contributed by atoms with Crippen LogP contribution in [0.5, 0.6) is 5.75 Å². The highest BCUT2D eigenvalue weighted by molar-refractivity contribution is 7.89. The number of primary sulfonamides is 1. The molecule has 0 heterocycles. The summed E-state index contributed by atoms with van der Waals surface area (Å²) in [5, 5.41) is 7.81. The summed E-state index contributed by atoms with van der Waals surface area (Å²) in [5.74, 6) is 0.280. The number of carbonyl (C=O) groups is 1. The van der Waals surface area contributed by atoms with Crippen molar-refractivity contribution >= 4 is 21.6 Å². The molecule has 0 fully saturated rings. The third-order valence-corrected chi connectivity index (χ3v) is 5.28. The molecule has 0 aromatic heterocycles. The van der Waals surface area contributed by atoms with Gasteiger partial charge in [-0.1, -0.05) is 30.3 Å². The Kier molecular flexibility index (Phi) is 6.83. The third kappa shape index (κ3) is 5.66. The Morgan fingerprint density at radius 3 is 2.30 bits per heavy atom. The predicted molar refractivity (Wildman–Crippen MR) is 114 cm³/mol. The lowest BCUT2D eigenvalue weighted by molar-refractivity contribution is 0.102. The summed E-state index contributed by atoms with van der Waals surface area (Å²) in [6.07, 6.45) is 0. The van der Waals surface area contributed by atoms with Crippen LogP contribution in [-0.2, 0) is 28.0 Å². The fraction of sp³-hybridized carbons (Fsp3) is 0.136. The first kappa shape index (κ1) is 21.5. The highest BCUT2D eigenvalue weighted by atomic mass is 32.2. The van der Waals surface area contributed by atoms with Crippen molar-refractivity contribution in [3.8, 4) is 5.75 Å². The van der Waals surface area contributed by atoms with Crippen molar-refractivity contribution in [2.75, 3.05) is 12.4 Å². The fourth-order valence-corrected chi connectivity index (χ4v) is 3.33. The summed E-state index contributed by atoms with van der Waals surface area (Å²) < 4.78 is 33.8. The minimum absolute atomic E-state index is 0.0252. The number of sulfonamides is 1. The van der Waals surface area contributed by atoms with E-state index in [1.807, 2.05) is 30.3 Å². The fourth-order valence-electron chi connectivity index (χ4n) is 2.82. The van der Waals surface area contributed by atoms with Gasteiger partial charge in [0.15, 0.2) is 0 Å². The van der Waals surface area contributed by atoms with Crippen molar-refractivity contribution in [1.82, 2.24) is 0 Å². The van der Waals surface area contributed by atoms with E-state index in [4.69, 9.17) is 14.6 Å². The summed E-state index contributed by atoms with van der Waals surface area (Å²) in [4.78, 5) is 12.6. The highest BCUT2D eigenvalue weighted by Gasteiger charge is 2.12. The monoisotopic (exact) mass is 426 g/mol. The molecule has 3 aromatic rings. The van der Waals surface area contributed by atoms with Gasteiger partial charge in [0.1, 0.15) is 5.75 Å². The van der Waals surface area contributed by atoms with Crippen LogP contribution in [0, 0.1) is 0 Å². The van der Waals surface area contributed by atoms with Crippen LogP contribution in [0.4, 0.5) is 5.69 Å². The molecule has 0 aliphatic rings. The number of methoxy groups -OCH3 is 1. The molecule has 0 radical (unpaired) electrons. The molecule has 0 unspecified atom stereocenters. The summed E-state index contributed by atoms with van der Waals surface area (Å²) in [6, 6.07) is 20.5. The second kappa shape index (κ2) is 9.53. The van der Waals surface area contributed by atoms with Crippen LogP contribution in [-0.4, -0.2) is 21.4 Å². The quantitative estimate of drug-likeness (QED) is 0.575. The minimum atomic E-state index is -3.78. The molecule has 156 valence electrons. The van der Waals surface area contributed by atoms with Gasteiger partial charge in [-0.05, 0) is 48.0 Å². The first-order valence-electron chi connectivity index (χ1n) is 9.09. The number of nitrogens with one attached hydrogen (secondary N) is 1. The SMILES string of the molecule is COc1ccc(C(=O)Nc2ccc(S(N)(=O)=O)cc2)cc1COCc1ccccc1. The van der Waals surface area contributed by atoms with Gasteiger partial charge in [-0.2, -0.15) is 0 Å². The number of hydrogen-bond acceptors (Lipinski definition) is 5. The maximum atomic E-state index is 12.6. The van der Waals surface area contributed by atoms with Crippen LogP contribution < -0.4 is 15.2 Å². The molecule has 0 saturated heterocycles. The number of rotatable bonds is 8. The van der Waals surface area contributed by atoms with Crippen molar-refractivity contribution in [2.45, 2.75) is 18.1 Å². The van der Waals surface area contributed by atoms with Crippen LogP contribution in [0.25, 0.3) is 0 Å². The van der Waals surface area contributed by atoms with E-state index in [1.54, 1.807) is 25.3 Å². The second-order valence-corrected chi connectivity index (χ2v) is 8.09. The summed E-state index contributed by atoms with van der Waals surface area (Å²) in [5.41, 5.74) is 2.66. The Morgan fingerprint density at radius 2 is 1.67 bits per heavy atom. The number of ether oxygens (including phenoxy) is 2. The molecular formula is C22H22N2O5S. The Morgan fingerprint density at radius 1 is 0.967 bits per heavy atom. The van der Waals surface area contributed by atoms with Crippen molar-refractivity contribution in [3.05, 3.63) is 89.5 Å². The number of hydrogen-bond donors (Lipinski definition) is 2. The van der Waals surface area contributed by atoms with Crippen molar-refractivity contribution < 1.29 is 22.7 Å². The molecule has 0 aliphatic carbocycles. The molecule has 0 atom stereocenters. The zero-order chi connectivity index (χ0) is 21.6. The van der Waals surface area contributed by atoms with E-state index in [-0.39, 0.29) is 17.4 Å². The molecule has 0 saturated carbocycles. The Hall–Kier alpha value is -3.20. The van der Waals surface area contributed by atoms with Gasteiger partial charge in [0.25, 0.3) is 5.91 Å². The first-order chi connectivity index (χ1) is 14.4. The standard InChI is InChI=1S/C22H22N2O5S/c1-28-21-12-7-17(13-18(21)15-29-14-16-5-3-2-4-6-16)22(25)24-19-8-10-20(11-9-19)30(23,26)27/h2-13H,14-15H2,1H3,(H,24,25)(H2,23,26,27). The van der Waals surface area contributed by atoms with Crippen molar-refractivity contribution in [2.24, 2.45) is 5.14 Å². The van der Waals surface area contributed by atoms with E-state index in [0.717, 1.165) is 11.1 Å². The van der Waals surface area contributed by atoms with Gasteiger partial charge in [0, 0.05) is 16.8 Å². The number of carbonyl (C=O) groups excluding carboxylic acids is 1. The molecule has 7 nitrogen and oxygen atoms in total. The summed E-state index contributed by atoms with van der Waals surface area (Å²) >= 11 is 0. The molecule has 3 rings (SSSR count). The molecule has 0 spiro atoms. The van der Waals surface area contributed by atoms with Crippen LogP contribution in [0.1, 0.15) is 21.5 Å². The average Bonchev–Trinajstić information content (AvgIpc) is 2.74. The lowest BCUT2D eigenvalue weighted by Gasteiger charge is -2.12. The van der Waals surface area contributed by atoms with Crippen LogP contribution in [0.2, 0.25) is 0 Å². The largest absolute Gasteiger partial charge is 0.496 e. The predicted octanol–water partition coefficient (Wildman–Crippen LogP) is 3.31. The highest BCUT2D eigenvalue weighted by Crippen LogP contribution is 2.22. The van der Waals surface area contributed by atoms with Crippen molar-refractivity contribution in [3.63, 3.8) is 0 Å². The molecule has 30 heavy (non-hydrogen) atoms. The van der Waals surface area contributed by atoms with E-state index in [0.29, 0.717) is 23.6 Å². The van der Waals surface area contributed by atoms with E-state index in [2.05, 4.69) is 5.32 Å². The van der Waals surface area contributed by atoms with Gasteiger partial charge in [-0.25, -0.2) is 13.6 Å². The first-order valence-corrected chi connectivity index (χ1v) is 10.6. The molecule has 3 N–H and O–H groups in total.